The van der Waals surface area contributed by atoms with Crippen LogP contribution in [0.3, 0.4) is 0 Å². The molecule has 4 atom stereocenters. The van der Waals surface area contributed by atoms with Gasteiger partial charge < -0.3 is 10.6 Å². The second-order valence-corrected chi connectivity index (χ2v) is 14.4. The van der Waals surface area contributed by atoms with Crippen LogP contribution in [0.25, 0.3) is 0 Å². The molecule has 1 heterocycles. The predicted octanol–water partition coefficient (Wildman–Crippen LogP) is 5.78. The molecule has 1 aliphatic rings. The van der Waals surface area contributed by atoms with E-state index in [1.165, 1.54) is 0 Å². The van der Waals surface area contributed by atoms with E-state index in [2.05, 4.69) is 0 Å². The number of hydrogen-bond donors (Lipinski definition) is 1. The van der Waals surface area contributed by atoms with Crippen molar-refractivity contribution < 1.29 is 18.0 Å². The summed E-state index contributed by atoms with van der Waals surface area (Å²) in [4.78, 5) is 28.2. The molecule has 0 saturated carbocycles. The van der Waals surface area contributed by atoms with Crippen LogP contribution >= 0.6 is 23.2 Å². The molecule has 0 radical (unpaired) electrons. The monoisotopic (exact) mass is 566 g/mol. The summed E-state index contributed by atoms with van der Waals surface area (Å²) >= 11 is 12.6. The lowest BCUT2D eigenvalue weighted by Gasteiger charge is -2.53. The van der Waals surface area contributed by atoms with Gasteiger partial charge in [-0.05, 0) is 61.6 Å². The molecule has 0 unspecified atom stereocenters. The Bertz CT molecular complexity index is 1250. The number of benzene rings is 2. The summed E-state index contributed by atoms with van der Waals surface area (Å²) in [6.07, 6.45) is 0.204. The third kappa shape index (κ3) is 6.50. The Labute approximate surface area is 230 Å². The number of carbonyl (C=O) groups excluding carboxylic acids is 2. The predicted molar refractivity (Wildman–Crippen MR) is 149 cm³/mol. The molecule has 9 heteroatoms. The lowest BCUT2D eigenvalue weighted by molar-refractivity contribution is -0.157. The van der Waals surface area contributed by atoms with Crippen molar-refractivity contribution in [3.8, 4) is 0 Å². The van der Waals surface area contributed by atoms with Gasteiger partial charge in [0.05, 0.1) is 22.5 Å². The van der Waals surface area contributed by atoms with Gasteiger partial charge in [-0.1, -0.05) is 68.2 Å². The van der Waals surface area contributed by atoms with Crippen LogP contribution in [-0.2, 0) is 19.4 Å². The van der Waals surface area contributed by atoms with Crippen LogP contribution in [0.15, 0.2) is 48.5 Å². The number of sulfone groups is 1. The molecule has 2 amide bonds. The molecule has 0 bridgehead atoms. The first kappa shape index (κ1) is 29.5. The molecule has 0 aromatic heterocycles. The number of piperidine rings is 1. The molecule has 0 spiro atoms. The summed E-state index contributed by atoms with van der Waals surface area (Å²) in [5.41, 5.74) is 6.24. The summed E-state index contributed by atoms with van der Waals surface area (Å²) in [5, 5.41) is 0.511. The van der Waals surface area contributed by atoms with Crippen molar-refractivity contribution in [2.24, 2.45) is 17.1 Å². The highest BCUT2D eigenvalue weighted by molar-refractivity contribution is 7.92. The fourth-order valence-corrected chi connectivity index (χ4v) is 7.05. The van der Waals surface area contributed by atoms with Gasteiger partial charge in [0.1, 0.15) is 0 Å². The van der Waals surface area contributed by atoms with Crippen molar-refractivity contribution in [3.05, 3.63) is 69.7 Å². The van der Waals surface area contributed by atoms with Gasteiger partial charge in [-0.25, -0.2) is 8.42 Å². The Balaban J connectivity index is 2.30. The average molecular weight is 568 g/mol. The van der Waals surface area contributed by atoms with Crippen molar-refractivity contribution in [2.45, 2.75) is 70.7 Å². The molecule has 202 valence electrons. The molecule has 3 rings (SSSR count). The van der Waals surface area contributed by atoms with Crippen LogP contribution < -0.4 is 5.73 Å². The minimum absolute atomic E-state index is 0.144. The fourth-order valence-electron chi connectivity index (χ4n) is 5.32. The van der Waals surface area contributed by atoms with Crippen molar-refractivity contribution >= 4 is 44.9 Å². The van der Waals surface area contributed by atoms with E-state index >= 15 is 0 Å². The highest BCUT2D eigenvalue weighted by Gasteiger charge is 2.53. The molecule has 2 aromatic rings. The number of amides is 2. The van der Waals surface area contributed by atoms with Crippen molar-refractivity contribution in [3.63, 3.8) is 0 Å². The van der Waals surface area contributed by atoms with Crippen molar-refractivity contribution in [2.75, 3.05) is 5.75 Å². The second-order valence-electron chi connectivity index (χ2n) is 11.0. The topological polar surface area (TPSA) is 97.5 Å². The number of halogens is 2. The van der Waals surface area contributed by atoms with E-state index in [1.807, 2.05) is 44.2 Å². The van der Waals surface area contributed by atoms with Crippen LogP contribution in [0.4, 0.5) is 0 Å². The van der Waals surface area contributed by atoms with Gasteiger partial charge in [-0.2, -0.15) is 0 Å². The van der Waals surface area contributed by atoms with Crippen LogP contribution in [-0.4, -0.2) is 42.2 Å². The summed E-state index contributed by atoms with van der Waals surface area (Å²) in [6.45, 7) is 8.88. The molecule has 37 heavy (non-hydrogen) atoms. The number of rotatable bonds is 9. The fraction of sp³-hybridized carbons (Fsp3) is 0.500. The number of hydrogen-bond acceptors (Lipinski definition) is 4. The zero-order valence-corrected chi connectivity index (χ0v) is 24.3. The molecule has 1 saturated heterocycles. The molecule has 1 aliphatic heterocycles. The Morgan fingerprint density at radius 3 is 2.19 bits per heavy atom. The number of likely N-dealkylation sites (tertiary alicyclic amines) is 1. The minimum atomic E-state index is -3.50. The summed E-state index contributed by atoms with van der Waals surface area (Å²) in [7, 11) is -3.50. The number of primary amides is 1. The van der Waals surface area contributed by atoms with Gasteiger partial charge in [0.2, 0.25) is 11.8 Å². The lowest BCUT2D eigenvalue weighted by atomic mass is 9.66. The maximum atomic E-state index is 14.4. The van der Waals surface area contributed by atoms with E-state index in [-0.39, 0.29) is 29.9 Å². The largest absolute Gasteiger partial charge is 0.370 e. The summed E-state index contributed by atoms with van der Waals surface area (Å²) < 4.78 is 26.3. The Hall–Kier alpha value is -2.09. The Morgan fingerprint density at radius 1 is 1.05 bits per heavy atom. The molecule has 2 N–H and O–H groups in total. The van der Waals surface area contributed by atoms with Gasteiger partial charge in [0.25, 0.3) is 0 Å². The average Bonchev–Trinajstić information content (AvgIpc) is 2.79. The molecular weight excluding hydrogens is 531 g/mol. The molecular formula is C28H36Cl2N2O4S. The first-order chi connectivity index (χ1) is 17.2. The van der Waals surface area contributed by atoms with E-state index in [1.54, 1.807) is 43.9 Å². The standard InChI is InChI=1S/C28H36Cl2N2O4S/c1-17(2)24(16-37(35,36)18(3)4)32-26(19-9-11-21(29)12-10-19)23(20-7-6-8-22(30)13-20)14-28(5,27(32)34)15-25(31)33/h6-13,17-18,23-24,26H,14-16H2,1-5H3,(H2,31,33)/t23-,24-,26-,28-/m1/s1. The van der Waals surface area contributed by atoms with Gasteiger partial charge in [-0.3, -0.25) is 9.59 Å². The molecule has 2 aromatic carbocycles. The van der Waals surface area contributed by atoms with Gasteiger partial charge in [-0.15, -0.1) is 0 Å². The van der Waals surface area contributed by atoms with Crippen LogP contribution in [0, 0.1) is 11.3 Å². The van der Waals surface area contributed by atoms with Crippen LogP contribution in [0.5, 0.6) is 0 Å². The van der Waals surface area contributed by atoms with E-state index in [0.717, 1.165) is 11.1 Å². The van der Waals surface area contributed by atoms with Crippen molar-refractivity contribution in [1.29, 1.82) is 0 Å². The van der Waals surface area contributed by atoms with E-state index in [9.17, 15) is 18.0 Å². The van der Waals surface area contributed by atoms with Crippen LogP contribution in [0.1, 0.15) is 70.5 Å². The first-order valence-corrected chi connectivity index (χ1v) is 15.0. The normalized spacial score (nSPS) is 23.5. The van der Waals surface area contributed by atoms with E-state index in [4.69, 9.17) is 28.9 Å². The minimum Gasteiger partial charge on any atom is -0.370 e. The van der Waals surface area contributed by atoms with Gasteiger partial charge in [0, 0.05) is 28.4 Å². The zero-order valence-electron chi connectivity index (χ0n) is 21.9. The maximum absolute atomic E-state index is 14.4. The molecule has 1 fully saturated rings. The number of nitrogens with zero attached hydrogens (tertiary/aromatic N) is 1. The third-order valence-corrected chi connectivity index (χ3v) is 10.1. The Kier molecular flexibility index (Phi) is 9.03. The number of carbonyl (C=O) groups is 2. The molecule has 6 nitrogen and oxygen atoms in total. The maximum Gasteiger partial charge on any atom is 0.229 e. The zero-order chi connectivity index (χ0) is 27.7. The molecule has 0 aliphatic carbocycles. The third-order valence-electron chi connectivity index (χ3n) is 7.40. The van der Waals surface area contributed by atoms with Crippen molar-refractivity contribution in [1.82, 2.24) is 4.90 Å². The Morgan fingerprint density at radius 2 is 1.68 bits per heavy atom. The number of nitrogens with two attached hydrogens (primary N) is 1. The quantitative estimate of drug-likeness (QED) is 0.415. The van der Waals surface area contributed by atoms with Gasteiger partial charge >= 0.3 is 0 Å². The van der Waals surface area contributed by atoms with Crippen LogP contribution in [0.2, 0.25) is 10.0 Å². The second kappa shape index (κ2) is 11.3. The first-order valence-electron chi connectivity index (χ1n) is 12.5. The SMILES string of the molecule is CC(C)[C@@H](CS(=O)(=O)C(C)C)N1C(=O)[C@@](C)(CC(N)=O)C[C@H](c2cccc(Cl)c2)[C@H]1c1ccc(Cl)cc1. The van der Waals surface area contributed by atoms with E-state index < -0.39 is 38.5 Å². The highest BCUT2D eigenvalue weighted by atomic mass is 35.5. The highest BCUT2D eigenvalue weighted by Crippen LogP contribution is 2.52. The van der Waals surface area contributed by atoms with Gasteiger partial charge in [0.15, 0.2) is 9.84 Å². The summed E-state index contributed by atoms with van der Waals surface area (Å²) in [6, 6.07) is 13.6. The summed E-state index contributed by atoms with van der Waals surface area (Å²) in [5.74, 6) is -1.50. The van der Waals surface area contributed by atoms with E-state index in [0.29, 0.717) is 16.5 Å². The lowest BCUT2D eigenvalue weighted by Crippen LogP contribution is -2.59. The smallest absolute Gasteiger partial charge is 0.229 e.